The fraction of sp³-hybridized carbons (Fsp3) is 0.150. The summed E-state index contributed by atoms with van der Waals surface area (Å²) < 4.78 is 4.73. The standard InChI is InChI=1S/C5H4BrClS.C5H5ClS.C4H2BrClS.C4H3ClS.C2H4O2.BHNS/c1-3-2-4(7)5(6)8-3;1-4-2-5(6)3-7-4;5-4-3(6)1-2-7-4;5-4-1-2-6-3-4;1-2(3)4;1-2-3/h2H,1H3;2-3H,1H3;1-2H;1-3H;1H3,(H,3,4);3H. The zero-order valence-corrected chi connectivity index (χ0v) is 28.7. The van der Waals surface area contributed by atoms with Crippen molar-refractivity contribution < 1.29 is 9.90 Å². The molecule has 0 aliphatic rings. The van der Waals surface area contributed by atoms with Crippen molar-refractivity contribution in [1.82, 2.24) is 0 Å². The van der Waals surface area contributed by atoms with E-state index >= 15 is 0 Å². The first kappa shape index (κ1) is 37.8. The molecule has 0 bridgehead atoms. The van der Waals surface area contributed by atoms with Crippen LogP contribution in [-0.2, 0) is 4.79 Å². The van der Waals surface area contributed by atoms with Gasteiger partial charge in [0.05, 0.1) is 27.7 Å². The number of hydrogen-bond donors (Lipinski definition) is 2. The van der Waals surface area contributed by atoms with Crippen LogP contribution >= 0.6 is 136 Å². The summed E-state index contributed by atoms with van der Waals surface area (Å²) in [6.07, 6.45) is 0. The molecule has 0 saturated heterocycles. The van der Waals surface area contributed by atoms with E-state index < -0.39 is 5.97 Å². The second-order valence-corrected chi connectivity index (χ2v) is 14.1. The van der Waals surface area contributed by atoms with Crippen LogP contribution in [-0.4, -0.2) is 18.7 Å². The third-order valence-corrected chi connectivity index (χ3v) is 9.52. The number of carbonyl (C=O) groups is 1. The van der Waals surface area contributed by atoms with Gasteiger partial charge in [0, 0.05) is 27.4 Å². The summed E-state index contributed by atoms with van der Waals surface area (Å²) in [5.41, 5.74) is 0. The van der Waals surface area contributed by atoms with Crippen LogP contribution in [0, 0.1) is 13.8 Å². The minimum absolute atomic E-state index is 0.796. The first-order valence-corrected chi connectivity index (χ1v) is 15.8. The number of halogens is 6. The normalized spacial score (nSPS) is 8.60. The van der Waals surface area contributed by atoms with Crippen molar-refractivity contribution in [3.63, 3.8) is 0 Å². The molecule has 191 valence electrons. The van der Waals surface area contributed by atoms with Crippen LogP contribution in [0.25, 0.3) is 0 Å². The average Bonchev–Trinajstić information content (AvgIpc) is 3.52. The van der Waals surface area contributed by atoms with Gasteiger partial charge in [-0.25, -0.2) is 0 Å². The van der Waals surface area contributed by atoms with Crippen molar-refractivity contribution in [2.24, 2.45) is 4.30 Å². The van der Waals surface area contributed by atoms with Gasteiger partial charge < -0.3 is 5.11 Å². The van der Waals surface area contributed by atoms with Gasteiger partial charge in [0.15, 0.2) is 0 Å². The molecular weight excluding hydrogens is 759 g/mol. The molecule has 4 rings (SSSR count). The van der Waals surface area contributed by atoms with Crippen molar-refractivity contribution >= 4 is 150 Å². The number of nitrogens with zero attached hydrogens (tertiary/aromatic N) is 1. The van der Waals surface area contributed by atoms with Crippen LogP contribution in [0.2, 0.25) is 20.1 Å². The second-order valence-electron chi connectivity index (χ2n) is 5.47. The molecule has 4 aromatic rings. The maximum absolute atomic E-state index is 9.00. The molecule has 35 heavy (non-hydrogen) atoms. The third-order valence-electron chi connectivity index (χ3n) is 2.53. The maximum atomic E-state index is 9.00. The minimum atomic E-state index is -0.833. The Morgan fingerprint density at radius 1 is 0.943 bits per heavy atom. The molecule has 0 aromatic carbocycles. The van der Waals surface area contributed by atoms with Crippen LogP contribution in [0.1, 0.15) is 16.7 Å². The Kier molecular flexibility index (Phi) is 25.6. The van der Waals surface area contributed by atoms with Gasteiger partial charge in [-0.3, -0.25) is 4.79 Å². The summed E-state index contributed by atoms with van der Waals surface area (Å²) >= 11 is 38.6. The Hall–Kier alpha value is 0.605. The van der Waals surface area contributed by atoms with Gasteiger partial charge in [0.1, 0.15) is 0 Å². The number of thiophene rings is 4. The average molecular weight is 778 g/mol. The summed E-state index contributed by atoms with van der Waals surface area (Å²) in [7, 11) is 4.34. The molecule has 4 aromatic heterocycles. The molecule has 1 radical (unpaired) electrons. The van der Waals surface area contributed by atoms with Crippen molar-refractivity contribution in [3.8, 4) is 0 Å². The summed E-state index contributed by atoms with van der Waals surface area (Å²) in [5, 5.41) is 18.4. The fourth-order valence-electron chi connectivity index (χ4n) is 1.39. The van der Waals surface area contributed by atoms with Gasteiger partial charge >= 0.3 is 24.8 Å². The predicted molar refractivity (Wildman–Crippen MR) is 173 cm³/mol. The molecule has 0 saturated carbocycles. The topological polar surface area (TPSA) is 49.7 Å². The molecule has 1 N–H and O–H groups in total. The zero-order chi connectivity index (χ0) is 27.4. The predicted octanol–water partition coefficient (Wildman–Crippen LogP) is 12.0. The van der Waals surface area contributed by atoms with Crippen molar-refractivity contribution in [1.29, 1.82) is 0 Å². The van der Waals surface area contributed by atoms with Crippen LogP contribution in [0.5, 0.6) is 0 Å². The molecule has 3 nitrogen and oxygen atoms in total. The molecule has 0 amide bonds. The quantitative estimate of drug-likeness (QED) is 0.138. The Bertz CT molecular complexity index is 1030. The number of hydrogen-bond acceptors (Lipinski definition) is 7. The fourth-order valence-corrected chi connectivity index (χ4v) is 6.19. The Labute approximate surface area is 265 Å². The van der Waals surface area contributed by atoms with E-state index in [9.17, 15) is 0 Å². The molecular formula is C20H19BBr2Cl4NO2S5. The van der Waals surface area contributed by atoms with E-state index in [0.29, 0.717) is 0 Å². The van der Waals surface area contributed by atoms with E-state index in [0.717, 1.165) is 34.6 Å². The van der Waals surface area contributed by atoms with Gasteiger partial charge in [-0.1, -0.05) is 46.4 Å². The SMILES string of the molecule is CC(=O)O.Cc1cc(Cl)c(Br)s1.Cc1cc(Cl)cs1.Clc1ccsc1.Clc1ccsc1Br.[B]=NS. The van der Waals surface area contributed by atoms with Crippen molar-refractivity contribution in [2.75, 3.05) is 0 Å². The Morgan fingerprint density at radius 3 is 1.63 bits per heavy atom. The molecule has 0 fully saturated rings. The van der Waals surface area contributed by atoms with Crippen molar-refractivity contribution in [2.45, 2.75) is 20.8 Å². The summed E-state index contributed by atoms with van der Waals surface area (Å²) in [4.78, 5) is 11.5. The van der Waals surface area contributed by atoms with Crippen LogP contribution in [0.15, 0.2) is 57.7 Å². The van der Waals surface area contributed by atoms with Crippen molar-refractivity contribution in [3.05, 3.63) is 83.2 Å². The third kappa shape index (κ3) is 24.7. The van der Waals surface area contributed by atoms with Gasteiger partial charge in [0.2, 0.25) is 0 Å². The summed E-state index contributed by atoms with van der Waals surface area (Å²) in [6, 6.07) is 7.62. The van der Waals surface area contributed by atoms with Crippen LogP contribution < -0.4 is 0 Å². The van der Waals surface area contributed by atoms with E-state index in [1.807, 2.05) is 59.6 Å². The number of rotatable bonds is 0. The molecule has 15 heteroatoms. The number of aliphatic carboxylic acids is 1. The van der Waals surface area contributed by atoms with E-state index in [4.69, 9.17) is 56.3 Å². The monoisotopic (exact) mass is 774 g/mol. The first-order valence-electron chi connectivity index (χ1n) is 8.76. The second kappa shape index (κ2) is 23.7. The van der Waals surface area contributed by atoms with Crippen LogP contribution in [0.3, 0.4) is 0 Å². The molecule has 0 unspecified atom stereocenters. The van der Waals surface area contributed by atoms with Gasteiger partial charge in [-0.2, -0.15) is 11.3 Å². The van der Waals surface area contributed by atoms with Crippen LogP contribution in [0.4, 0.5) is 0 Å². The van der Waals surface area contributed by atoms with E-state index in [-0.39, 0.29) is 0 Å². The molecule has 0 aliphatic carbocycles. The summed E-state index contributed by atoms with van der Waals surface area (Å²) in [6.45, 7) is 5.15. The zero-order valence-electron chi connectivity index (χ0n) is 18.3. The molecule has 0 aliphatic heterocycles. The van der Waals surface area contributed by atoms with E-state index in [1.54, 1.807) is 45.3 Å². The van der Waals surface area contributed by atoms with Gasteiger partial charge in [-0.15, -0.1) is 34.0 Å². The van der Waals surface area contributed by atoms with E-state index in [1.165, 1.54) is 9.75 Å². The molecule has 0 atom stereocenters. The molecule has 0 spiro atoms. The number of carboxylic acids is 1. The van der Waals surface area contributed by atoms with E-state index in [2.05, 4.69) is 56.6 Å². The summed E-state index contributed by atoms with van der Waals surface area (Å²) in [5.74, 6) is -0.833. The Balaban J connectivity index is 0. The number of thiol groups is 1. The number of aryl methyl sites for hydroxylation is 2. The number of carboxylic acid groups (broad SMARTS) is 1. The Morgan fingerprint density at radius 2 is 1.51 bits per heavy atom. The van der Waals surface area contributed by atoms with Gasteiger partial charge in [-0.05, 0) is 80.7 Å². The first-order chi connectivity index (χ1) is 16.3. The molecule has 4 heterocycles. The van der Waals surface area contributed by atoms with Gasteiger partial charge in [0.25, 0.3) is 5.97 Å².